The number of hydrogen-bond donors (Lipinski definition) is 2. The summed E-state index contributed by atoms with van der Waals surface area (Å²) in [5, 5.41) is 3.25. The van der Waals surface area contributed by atoms with Crippen LogP contribution in [0.2, 0.25) is 0 Å². The highest BCUT2D eigenvalue weighted by molar-refractivity contribution is 7.92. The minimum atomic E-state index is -3.60. The molecule has 140 valence electrons. The van der Waals surface area contributed by atoms with Crippen LogP contribution in [0.25, 0.3) is 0 Å². The number of nitrogens with zero attached hydrogens (tertiary/aromatic N) is 2. The van der Waals surface area contributed by atoms with Crippen LogP contribution in [0.15, 0.2) is 47.5 Å². The van der Waals surface area contributed by atoms with Gasteiger partial charge in [0.1, 0.15) is 5.82 Å². The molecule has 0 amide bonds. The average Bonchev–Trinajstić information content (AvgIpc) is 2.64. The van der Waals surface area contributed by atoms with Gasteiger partial charge in [0.15, 0.2) is 0 Å². The maximum absolute atomic E-state index is 12.4. The molecule has 0 atom stereocenters. The van der Waals surface area contributed by atoms with Gasteiger partial charge in [0, 0.05) is 26.2 Å². The highest BCUT2D eigenvalue weighted by atomic mass is 32.2. The number of benzene rings is 1. The van der Waals surface area contributed by atoms with Crippen molar-refractivity contribution in [2.45, 2.75) is 11.8 Å². The fraction of sp³-hybridized carbons (Fsp3) is 0.389. The molecule has 1 aliphatic rings. The van der Waals surface area contributed by atoms with Gasteiger partial charge in [-0.3, -0.25) is 9.62 Å². The standard InChI is InChI=1S/C18H24N4O3S/c1-15-2-5-17(6-3-15)26(23,24)21-16-4-7-18(20-14-16)19-8-9-22-10-12-25-13-11-22/h2-7,14,21H,8-13H2,1H3,(H,19,20). The van der Waals surface area contributed by atoms with E-state index in [0.717, 1.165) is 50.8 Å². The third-order valence-corrected chi connectivity index (χ3v) is 5.58. The second kappa shape index (κ2) is 8.48. The predicted octanol–water partition coefficient (Wildman–Crippen LogP) is 1.93. The Labute approximate surface area is 154 Å². The number of aryl methyl sites for hydroxylation is 1. The molecule has 1 fully saturated rings. The third kappa shape index (κ3) is 5.17. The van der Waals surface area contributed by atoms with Crippen molar-refractivity contribution in [2.24, 2.45) is 0 Å². The molecule has 1 aliphatic heterocycles. The zero-order chi connectivity index (χ0) is 18.4. The van der Waals surface area contributed by atoms with E-state index >= 15 is 0 Å². The second-order valence-corrected chi connectivity index (χ2v) is 7.91. The second-order valence-electron chi connectivity index (χ2n) is 6.23. The van der Waals surface area contributed by atoms with E-state index in [1.54, 1.807) is 36.4 Å². The summed E-state index contributed by atoms with van der Waals surface area (Å²) in [5.41, 5.74) is 1.45. The molecule has 26 heavy (non-hydrogen) atoms. The number of aromatic nitrogens is 1. The lowest BCUT2D eigenvalue weighted by atomic mass is 10.2. The molecule has 0 saturated carbocycles. The molecule has 0 spiro atoms. The van der Waals surface area contributed by atoms with Crippen molar-refractivity contribution >= 4 is 21.5 Å². The molecular formula is C18H24N4O3S. The molecule has 2 heterocycles. The van der Waals surface area contributed by atoms with E-state index in [4.69, 9.17) is 4.74 Å². The van der Waals surface area contributed by atoms with Crippen LogP contribution in [0.1, 0.15) is 5.56 Å². The first-order valence-corrected chi connectivity index (χ1v) is 10.1. The first-order chi connectivity index (χ1) is 12.5. The molecule has 7 nitrogen and oxygen atoms in total. The smallest absolute Gasteiger partial charge is 0.261 e. The maximum atomic E-state index is 12.4. The monoisotopic (exact) mass is 376 g/mol. The average molecular weight is 376 g/mol. The number of hydrogen-bond acceptors (Lipinski definition) is 6. The molecule has 1 aromatic carbocycles. The summed E-state index contributed by atoms with van der Waals surface area (Å²) in [4.78, 5) is 6.84. The van der Waals surface area contributed by atoms with Crippen molar-refractivity contribution in [1.82, 2.24) is 9.88 Å². The lowest BCUT2D eigenvalue weighted by Crippen LogP contribution is -2.39. The van der Waals surface area contributed by atoms with Crippen LogP contribution >= 0.6 is 0 Å². The van der Waals surface area contributed by atoms with E-state index in [9.17, 15) is 8.42 Å². The quantitative estimate of drug-likeness (QED) is 0.768. The molecule has 2 N–H and O–H groups in total. The summed E-state index contributed by atoms with van der Waals surface area (Å²) < 4.78 is 32.6. The molecule has 2 aromatic rings. The van der Waals surface area contributed by atoms with E-state index in [1.807, 2.05) is 6.92 Å². The van der Waals surface area contributed by atoms with E-state index in [1.165, 1.54) is 6.20 Å². The Morgan fingerprint density at radius 1 is 1.12 bits per heavy atom. The van der Waals surface area contributed by atoms with Gasteiger partial charge in [-0.05, 0) is 31.2 Å². The molecule has 0 radical (unpaired) electrons. The van der Waals surface area contributed by atoms with Crippen LogP contribution in [0, 0.1) is 6.92 Å². The normalized spacial score (nSPS) is 15.6. The van der Waals surface area contributed by atoms with Gasteiger partial charge in [-0.15, -0.1) is 0 Å². The van der Waals surface area contributed by atoms with Crippen LogP contribution in [0.3, 0.4) is 0 Å². The molecule has 0 bridgehead atoms. The Morgan fingerprint density at radius 2 is 1.85 bits per heavy atom. The molecule has 1 saturated heterocycles. The molecule has 0 unspecified atom stereocenters. The van der Waals surface area contributed by atoms with Gasteiger partial charge in [0.2, 0.25) is 0 Å². The number of ether oxygens (including phenoxy) is 1. The fourth-order valence-electron chi connectivity index (χ4n) is 2.66. The topological polar surface area (TPSA) is 83.6 Å². The van der Waals surface area contributed by atoms with Gasteiger partial charge < -0.3 is 10.1 Å². The lowest BCUT2D eigenvalue weighted by Gasteiger charge is -2.26. The SMILES string of the molecule is Cc1ccc(S(=O)(=O)Nc2ccc(NCCN3CCOCC3)nc2)cc1. The maximum Gasteiger partial charge on any atom is 0.261 e. The third-order valence-electron chi connectivity index (χ3n) is 4.18. The van der Waals surface area contributed by atoms with Crippen LogP contribution < -0.4 is 10.0 Å². The zero-order valence-electron chi connectivity index (χ0n) is 14.8. The summed E-state index contributed by atoms with van der Waals surface area (Å²) in [6.45, 7) is 7.10. The summed E-state index contributed by atoms with van der Waals surface area (Å²) in [6, 6.07) is 10.2. The minimum Gasteiger partial charge on any atom is -0.379 e. The molecule has 3 rings (SSSR count). The fourth-order valence-corrected chi connectivity index (χ4v) is 3.70. The van der Waals surface area contributed by atoms with Crippen LogP contribution in [0.5, 0.6) is 0 Å². The first-order valence-electron chi connectivity index (χ1n) is 8.62. The van der Waals surface area contributed by atoms with Gasteiger partial charge in [-0.2, -0.15) is 0 Å². The van der Waals surface area contributed by atoms with E-state index < -0.39 is 10.0 Å². The largest absolute Gasteiger partial charge is 0.379 e. The summed E-state index contributed by atoms with van der Waals surface area (Å²) in [7, 11) is -3.60. The molecule has 1 aromatic heterocycles. The number of sulfonamides is 1. The molecule has 0 aliphatic carbocycles. The van der Waals surface area contributed by atoms with Crippen molar-refractivity contribution in [1.29, 1.82) is 0 Å². The van der Waals surface area contributed by atoms with Crippen molar-refractivity contribution < 1.29 is 13.2 Å². The Kier molecular flexibility index (Phi) is 6.08. The van der Waals surface area contributed by atoms with Gasteiger partial charge in [-0.1, -0.05) is 17.7 Å². The summed E-state index contributed by atoms with van der Waals surface area (Å²) in [6.07, 6.45) is 1.52. The van der Waals surface area contributed by atoms with Crippen molar-refractivity contribution in [2.75, 3.05) is 49.4 Å². The van der Waals surface area contributed by atoms with Gasteiger partial charge >= 0.3 is 0 Å². The lowest BCUT2D eigenvalue weighted by molar-refractivity contribution is 0.0398. The van der Waals surface area contributed by atoms with Crippen molar-refractivity contribution in [3.05, 3.63) is 48.2 Å². The number of anilines is 2. The van der Waals surface area contributed by atoms with Crippen LogP contribution in [-0.4, -0.2) is 57.7 Å². The summed E-state index contributed by atoms with van der Waals surface area (Å²) >= 11 is 0. The number of nitrogens with one attached hydrogen (secondary N) is 2. The van der Waals surface area contributed by atoms with Crippen LogP contribution in [0.4, 0.5) is 11.5 Å². The Morgan fingerprint density at radius 3 is 2.50 bits per heavy atom. The van der Waals surface area contributed by atoms with Crippen LogP contribution in [-0.2, 0) is 14.8 Å². The van der Waals surface area contributed by atoms with Crippen molar-refractivity contribution in [3.8, 4) is 0 Å². The first kappa shape index (κ1) is 18.6. The van der Waals surface area contributed by atoms with Gasteiger partial charge in [-0.25, -0.2) is 13.4 Å². The zero-order valence-corrected chi connectivity index (χ0v) is 15.6. The highest BCUT2D eigenvalue weighted by Crippen LogP contribution is 2.17. The van der Waals surface area contributed by atoms with Gasteiger partial charge in [0.25, 0.3) is 10.0 Å². The van der Waals surface area contributed by atoms with E-state index in [0.29, 0.717) is 5.69 Å². The Hall–Kier alpha value is -2.16. The van der Waals surface area contributed by atoms with E-state index in [2.05, 4.69) is 19.9 Å². The number of pyridine rings is 1. The number of morpholine rings is 1. The van der Waals surface area contributed by atoms with Crippen molar-refractivity contribution in [3.63, 3.8) is 0 Å². The Bertz CT molecular complexity index is 801. The summed E-state index contributed by atoms with van der Waals surface area (Å²) in [5.74, 6) is 0.719. The predicted molar refractivity (Wildman–Crippen MR) is 102 cm³/mol. The Balaban J connectivity index is 1.53. The van der Waals surface area contributed by atoms with E-state index in [-0.39, 0.29) is 4.90 Å². The van der Waals surface area contributed by atoms with Gasteiger partial charge in [0.05, 0.1) is 30.0 Å². The molecule has 8 heteroatoms. The highest BCUT2D eigenvalue weighted by Gasteiger charge is 2.14. The number of rotatable bonds is 7. The molecular weight excluding hydrogens is 352 g/mol. The minimum absolute atomic E-state index is 0.232.